The van der Waals surface area contributed by atoms with Crippen molar-refractivity contribution in [2.24, 2.45) is 0 Å². The van der Waals surface area contributed by atoms with E-state index in [1.807, 2.05) is 18.2 Å². The van der Waals surface area contributed by atoms with Gasteiger partial charge in [-0.2, -0.15) is 0 Å². The van der Waals surface area contributed by atoms with Crippen LogP contribution in [0.15, 0.2) is 29.0 Å². The number of hydrogen-bond acceptors (Lipinski definition) is 4. The van der Waals surface area contributed by atoms with Crippen LogP contribution in [0.2, 0.25) is 0 Å². The Morgan fingerprint density at radius 3 is 3.21 bits per heavy atom. The first-order valence-corrected chi connectivity index (χ1v) is 4.19. The van der Waals surface area contributed by atoms with Gasteiger partial charge in [0.25, 0.3) is 0 Å². The fourth-order valence-electron chi connectivity index (χ4n) is 1.32. The second-order valence-electron chi connectivity index (χ2n) is 2.87. The molecular weight excluding hydrogens is 182 g/mol. The number of esters is 1. The number of carbonyl (C=O) groups is 1. The van der Waals surface area contributed by atoms with Gasteiger partial charge in [0.1, 0.15) is 5.52 Å². The van der Waals surface area contributed by atoms with E-state index in [4.69, 9.17) is 4.42 Å². The molecule has 1 aromatic carbocycles. The average Bonchev–Trinajstić information content (AvgIpc) is 2.66. The highest BCUT2D eigenvalue weighted by Gasteiger charge is 2.08. The van der Waals surface area contributed by atoms with Crippen molar-refractivity contribution in [3.8, 4) is 0 Å². The molecule has 4 heteroatoms. The smallest absolute Gasteiger partial charge is 0.310 e. The molecule has 0 aliphatic heterocycles. The molecule has 0 amide bonds. The molecule has 1 aromatic heterocycles. The minimum atomic E-state index is -0.277. The Balaban J connectivity index is 2.41. The van der Waals surface area contributed by atoms with Crippen LogP contribution in [0.25, 0.3) is 11.1 Å². The van der Waals surface area contributed by atoms with Crippen molar-refractivity contribution in [1.82, 2.24) is 4.98 Å². The topological polar surface area (TPSA) is 52.3 Å². The number of oxazole rings is 1. The molecule has 0 spiro atoms. The van der Waals surface area contributed by atoms with Crippen LogP contribution in [0, 0.1) is 0 Å². The molecule has 72 valence electrons. The lowest BCUT2D eigenvalue weighted by molar-refractivity contribution is -0.139. The fraction of sp³-hybridized carbons (Fsp3) is 0.200. The van der Waals surface area contributed by atoms with Gasteiger partial charge in [-0.05, 0) is 11.6 Å². The molecule has 14 heavy (non-hydrogen) atoms. The quantitative estimate of drug-likeness (QED) is 0.675. The molecule has 2 rings (SSSR count). The summed E-state index contributed by atoms with van der Waals surface area (Å²) in [5.74, 6) is -0.277. The zero-order valence-corrected chi connectivity index (χ0v) is 7.69. The van der Waals surface area contributed by atoms with Crippen molar-refractivity contribution in [2.45, 2.75) is 6.42 Å². The molecule has 0 aliphatic carbocycles. The Hall–Kier alpha value is -1.84. The zero-order chi connectivity index (χ0) is 9.97. The highest BCUT2D eigenvalue weighted by molar-refractivity contribution is 5.82. The molecule has 4 nitrogen and oxygen atoms in total. The molecule has 0 fully saturated rings. The van der Waals surface area contributed by atoms with Crippen LogP contribution < -0.4 is 0 Å². The molecule has 0 bridgehead atoms. The van der Waals surface area contributed by atoms with Crippen molar-refractivity contribution >= 4 is 17.1 Å². The fourth-order valence-corrected chi connectivity index (χ4v) is 1.32. The van der Waals surface area contributed by atoms with Crippen LogP contribution in [-0.2, 0) is 16.0 Å². The van der Waals surface area contributed by atoms with E-state index in [1.54, 1.807) is 0 Å². The highest BCUT2D eigenvalue weighted by atomic mass is 16.5. The Morgan fingerprint density at radius 2 is 2.43 bits per heavy atom. The van der Waals surface area contributed by atoms with Gasteiger partial charge >= 0.3 is 5.97 Å². The number of nitrogens with zero attached hydrogens (tertiary/aromatic N) is 1. The maximum absolute atomic E-state index is 11.1. The first kappa shape index (κ1) is 8.74. The molecular formula is C10H9NO3. The molecule has 0 atom stereocenters. The van der Waals surface area contributed by atoms with Crippen LogP contribution in [0.4, 0.5) is 0 Å². The largest absolute Gasteiger partial charge is 0.469 e. The van der Waals surface area contributed by atoms with Gasteiger partial charge < -0.3 is 9.15 Å². The van der Waals surface area contributed by atoms with Gasteiger partial charge in [-0.15, -0.1) is 0 Å². The van der Waals surface area contributed by atoms with Crippen LogP contribution >= 0.6 is 0 Å². The maximum atomic E-state index is 11.1. The number of ether oxygens (including phenoxy) is 1. The van der Waals surface area contributed by atoms with Crippen LogP contribution in [-0.4, -0.2) is 18.1 Å². The van der Waals surface area contributed by atoms with E-state index in [0.717, 1.165) is 11.1 Å². The van der Waals surface area contributed by atoms with E-state index in [-0.39, 0.29) is 12.4 Å². The molecule has 0 unspecified atom stereocenters. The van der Waals surface area contributed by atoms with E-state index in [1.165, 1.54) is 13.5 Å². The van der Waals surface area contributed by atoms with E-state index >= 15 is 0 Å². The summed E-state index contributed by atoms with van der Waals surface area (Å²) >= 11 is 0. The monoisotopic (exact) mass is 191 g/mol. The lowest BCUT2D eigenvalue weighted by atomic mass is 10.1. The Labute approximate surface area is 80.5 Å². The molecule has 0 saturated heterocycles. The summed E-state index contributed by atoms with van der Waals surface area (Å²) in [6.07, 6.45) is 1.59. The van der Waals surface area contributed by atoms with Gasteiger partial charge in [0.05, 0.1) is 13.5 Å². The highest BCUT2D eigenvalue weighted by Crippen LogP contribution is 2.17. The minimum absolute atomic E-state index is 0.223. The summed E-state index contributed by atoms with van der Waals surface area (Å²) in [5.41, 5.74) is 2.23. The van der Waals surface area contributed by atoms with Crippen molar-refractivity contribution < 1.29 is 13.9 Å². The lowest BCUT2D eigenvalue weighted by Gasteiger charge is -1.99. The summed E-state index contributed by atoms with van der Waals surface area (Å²) in [6.45, 7) is 0. The molecule has 0 aliphatic rings. The standard InChI is InChI=1S/C10H9NO3/c1-13-9(12)5-7-3-2-4-8-10(7)11-6-14-8/h2-4,6H,5H2,1H3. The van der Waals surface area contributed by atoms with Crippen molar-refractivity contribution in [3.63, 3.8) is 0 Å². The molecule has 0 radical (unpaired) electrons. The lowest BCUT2D eigenvalue weighted by Crippen LogP contribution is -2.04. The van der Waals surface area contributed by atoms with Gasteiger partial charge in [-0.1, -0.05) is 12.1 Å². The van der Waals surface area contributed by atoms with Gasteiger partial charge in [0, 0.05) is 0 Å². The predicted molar refractivity (Wildman–Crippen MR) is 49.7 cm³/mol. The molecule has 0 N–H and O–H groups in total. The zero-order valence-electron chi connectivity index (χ0n) is 7.69. The third kappa shape index (κ3) is 1.46. The number of methoxy groups -OCH3 is 1. The van der Waals surface area contributed by atoms with Crippen LogP contribution in [0.5, 0.6) is 0 Å². The predicted octanol–water partition coefficient (Wildman–Crippen LogP) is 1.54. The number of aromatic nitrogens is 1. The summed E-state index contributed by atoms with van der Waals surface area (Å²) in [6, 6.07) is 5.47. The molecule has 2 aromatic rings. The van der Waals surface area contributed by atoms with Crippen molar-refractivity contribution in [1.29, 1.82) is 0 Å². The Kier molecular flexibility index (Phi) is 2.18. The van der Waals surface area contributed by atoms with E-state index in [0.29, 0.717) is 5.58 Å². The number of benzene rings is 1. The third-order valence-corrected chi connectivity index (χ3v) is 2.01. The number of rotatable bonds is 2. The van der Waals surface area contributed by atoms with E-state index < -0.39 is 0 Å². The summed E-state index contributed by atoms with van der Waals surface area (Å²) in [5, 5.41) is 0. The van der Waals surface area contributed by atoms with Gasteiger partial charge in [0.15, 0.2) is 12.0 Å². The van der Waals surface area contributed by atoms with Gasteiger partial charge in [-0.25, -0.2) is 4.98 Å². The number of para-hydroxylation sites is 1. The first-order chi connectivity index (χ1) is 6.81. The third-order valence-electron chi connectivity index (χ3n) is 2.01. The minimum Gasteiger partial charge on any atom is -0.469 e. The van der Waals surface area contributed by atoms with E-state index in [9.17, 15) is 4.79 Å². The van der Waals surface area contributed by atoms with Crippen LogP contribution in [0.3, 0.4) is 0 Å². The maximum Gasteiger partial charge on any atom is 0.310 e. The molecule has 1 heterocycles. The number of hydrogen-bond donors (Lipinski definition) is 0. The molecule has 0 saturated carbocycles. The Bertz CT molecular complexity index is 461. The van der Waals surface area contributed by atoms with Gasteiger partial charge in [-0.3, -0.25) is 4.79 Å². The SMILES string of the molecule is COC(=O)Cc1cccc2ocnc12. The van der Waals surface area contributed by atoms with E-state index in [2.05, 4.69) is 9.72 Å². The second-order valence-corrected chi connectivity index (χ2v) is 2.87. The number of fused-ring (bicyclic) bond motifs is 1. The average molecular weight is 191 g/mol. The van der Waals surface area contributed by atoms with Crippen molar-refractivity contribution in [2.75, 3.05) is 7.11 Å². The van der Waals surface area contributed by atoms with Gasteiger partial charge in [0.2, 0.25) is 0 Å². The second kappa shape index (κ2) is 3.49. The Morgan fingerprint density at radius 1 is 1.57 bits per heavy atom. The van der Waals surface area contributed by atoms with Crippen molar-refractivity contribution in [3.05, 3.63) is 30.2 Å². The summed E-state index contributed by atoms with van der Waals surface area (Å²) < 4.78 is 9.69. The van der Waals surface area contributed by atoms with Crippen LogP contribution in [0.1, 0.15) is 5.56 Å². The number of carbonyl (C=O) groups excluding carboxylic acids is 1. The summed E-state index contributed by atoms with van der Waals surface area (Å²) in [7, 11) is 1.37. The first-order valence-electron chi connectivity index (χ1n) is 4.19. The summed E-state index contributed by atoms with van der Waals surface area (Å²) in [4.78, 5) is 15.1. The normalized spacial score (nSPS) is 10.4.